The second-order valence-electron chi connectivity index (χ2n) is 8.22. The van der Waals surface area contributed by atoms with E-state index in [9.17, 15) is 9.90 Å². The van der Waals surface area contributed by atoms with E-state index in [-0.39, 0.29) is 12.0 Å². The number of carbonyl (C=O) groups excluding carboxylic acids is 1. The molecule has 4 heterocycles. The number of aliphatic hydroxyl groups excluding tert-OH is 1. The highest BCUT2D eigenvalue weighted by atomic mass is 16.3. The van der Waals surface area contributed by atoms with E-state index in [2.05, 4.69) is 25.2 Å². The first kappa shape index (κ1) is 21.1. The Bertz CT molecular complexity index is 1250. The Morgan fingerprint density at radius 2 is 1.85 bits per heavy atom. The molecule has 0 bridgehead atoms. The number of aromatic nitrogens is 4. The summed E-state index contributed by atoms with van der Waals surface area (Å²) in [4.78, 5) is 28.6. The van der Waals surface area contributed by atoms with Gasteiger partial charge in [-0.15, -0.1) is 0 Å². The maximum absolute atomic E-state index is 13.1. The van der Waals surface area contributed by atoms with E-state index < -0.39 is 0 Å². The molecule has 0 spiro atoms. The van der Waals surface area contributed by atoms with Crippen LogP contribution in [0, 0.1) is 0 Å². The van der Waals surface area contributed by atoms with E-state index in [0.717, 1.165) is 54.8 Å². The van der Waals surface area contributed by atoms with Crippen LogP contribution >= 0.6 is 0 Å². The molecule has 168 valence electrons. The molecule has 3 aromatic heterocycles. The minimum Gasteiger partial charge on any atom is -0.393 e. The molecule has 1 saturated heterocycles. The largest absolute Gasteiger partial charge is 0.393 e. The molecule has 0 atom stereocenters. The number of aliphatic hydroxyl groups is 1. The van der Waals surface area contributed by atoms with Crippen LogP contribution in [-0.4, -0.2) is 49.7 Å². The van der Waals surface area contributed by atoms with Gasteiger partial charge in [0.25, 0.3) is 5.91 Å². The number of fused-ring (bicyclic) bond motifs is 1. The summed E-state index contributed by atoms with van der Waals surface area (Å²) >= 11 is 0. The Morgan fingerprint density at radius 1 is 1.03 bits per heavy atom. The van der Waals surface area contributed by atoms with Crippen molar-refractivity contribution in [1.29, 1.82) is 0 Å². The zero-order valence-corrected chi connectivity index (χ0v) is 18.3. The van der Waals surface area contributed by atoms with Gasteiger partial charge in [0, 0.05) is 49.8 Å². The monoisotopic (exact) mass is 442 g/mol. The minimum absolute atomic E-state index is 0.245. The first-order valence-electron chi connectivity index (χ1n) is 11.2. The van der Waals surface area contributed by atoms with E-state index >= 15 is 0 Å². The number of amides is 1. The summed E-state index contributed by atoms with van der Waals surface area (Å²) in [6.45, 7) is 2.15. The van der Waals surface area contributed by atoms with E-state index in [0.29, 0.717) is 18.2 Å². The van der Waals surface area contributed by atoms with Gasteiger partial charge in [-0.2, -0.15) is 0 Å². The maximum atomic E-state index is 13.1. The van der Waals surface area contributed by atoms with E-state index in [1.807, 2.05) is 53.1 Å². The van der Waals surface area contributed by atoms with Crippen molar-refractivity contribution in [3.63, 3.8) is 0 Å². The van der Waals surface area contributed by atoms with Crippen molar-refractivity contribution >= 4 is 28.6 Å². The van der Waals surface area contributed by atoms with Crippen molar-refractivity contribution in [3.8, 4) is 0 Å². The van der Waals surface area contributed by atoms with Gasteiger partial charge in [-0.25, -0.2) is 4.98 Å². The fourth-order valence-electron chi connectivity index (χ4n) is 4.20. The lowest BCUT2D eigenvalue weighted by atomic mass is 10.1. The van der Waals surface area contributed by atoms with Crippen LogP contribution in [0.3, 0.4) is 0 Å². The van der Waals surface area contributed by atoms with Gasteiger partial charge in [-0.3, -0.25) is 20.1 Å². The molecule has 0 saturated carbocycles. The third-order valence-electron chi connectivity index (χ3n) is 6.00. The normalized spacial score (nSPS) is 14.5. The quantitative estimate of drug-likeness (QED) is 0.476. The molecule has 8 nitrogen and oxygen atoms in total. The lowest BCUT2D eigenvalue weighted by Gasteiger charge is -2.31. The molecule has 1 aliphatic heterocycles. The number of benzene rings is 1. The molecule has 1 fully saturated rings. The Labute approximate surface area is 191 Å². The summed E-state index contributed by atoms with van der Waals surface area (Å²) in [6.07, 6.45) is 5.36. The van der Waals surface area contributed by atoms with Gasteiger partial charge in [-0.05, 0) is 49.2 Å². The number of imidazole rings is 1. The highest BCUT2D eigenvalue weighted by Gasteiger charge is 2.20. The zero-order valence-electron chi connectivity index (χ0n) is 18.3. The molecule has 1 amide bonds. The molecular formula is C25H26N6O2. The molecule has 4 aromatic rings. The summed E-state index contributed by atoms with van der Waals surface area (Å²) in [6, 6.07) is 17.4. The van der Waals surface area contributed by atoms with E-state index in [1.54, 1.807) is 18.5 Å². The Kier molecular flexibility index (Phi) is 5.99. The number of hydrogen-bond donors (Lipinski definition) is 2. The lowest BCUT2D eigenvalue weighted by Crippen LogP contribution is -2.35. The number of pyridine rings is 2. The van der Waals surface area contributed by atoms with Crippen LogP contribution in [0.1, 0.15) is 29.0 Å². The highest BCUT2D eigenvalue weighted by molar-refractivity contribution is 6.03. The number of anilines is 2. The Balaban J connectivity index is 1.37. The first-order chi connectivity index (χ1) is 16.2. The van der Waals surface area contributed by atoms with Crippen molar-refractivity contribution in [3.05, 3.63) is 78.4 Å². The number of nitrogens with one attached hydrogen (secondary N) is 1. The molecule has 2 N–H and O–H groups in total. The number of carbonyl (C=O) groups is 1. The summed E-state index contributed by atoms with van der Waals surface area (Å²) in [5.74, 6) is 0.189. The van der Waals surface area contributed by atoms with Crippen LogP contribution in [0.5, 0.6) is 0 Å². The molecule has 0 aliphatic carbocycles. The molecule has 5 rings (SSSR count). The highest BCUT2D eigenvalue weighted by Crippen LogP contribution is 2.23. The maximum Gasteiger partial charge on any atom is 0.276 e. The van der Waals surface area contributed by atoms with Crippen LogP contribution in [0.25, 0.3) is 11.0 Å². The van der Waals surface area contributed by atoms with Gasteiger partial charge in [0.05, 0.1) is 17.1 Å². The third kappa shape index (κ3) is 4.70. The summed E-state index contributed by atoms with van der Waals surface area (Å²) in [5.41, 5.74) is 4.03. The van der Waals surface area contributed by atoms with Crippen LogP contribution in [0.15, 0.2) is 67.0 Å². The Hall–Kier alpha value is -3.78. The van der Waals surface area contributed by atoms with E-state index in [4.69, 9.17) is 0 Å². The summed E-state index contributed by atoms with van der Waals surface area (Å²) in [7, 11) is 0. The summed E-state index contributed by atoms with van der Waals surface area (Å²) < 4.78 is 2.01. The van der Waals surface area contributed by atoms with Gasteiger partial charge in [0.1, 0.15) is 5.69 Å². The molecule has 1 aromatic carbocycles. The summed E-state index contributed by atoms with van der Waals surface area (Å²) in [5, 5.41) is 12.7. The second kappa shape index (κ2) is 9.38. The molecular weight excluding hydrogens is 416 g/mol. The predicted octanol–water partition coefficient (Wildman–Crippen LogP) is 3.28. The lowest BCUT2D eigenvalue weighted by molar-refractivity contribution is 0.102. The first-order valence-corrected chi connectivity index (χ1v) is 11.2. The van der Waals surface area contributed by atoms with Gasteiger partial charge >= 0.3 is 0 Å². The van der Waals surface area contributed by atoms with Crippen LogP contribution in [0.2, 0.25) is 0 Å². The topological polar surface area (TPSA) is 96.2 Å². The number of hydrogen-bond acceptors (Lipinski definition) is 6. The Morgan fingerprint density at radius 3 is 2.67 bits per heavy atom. The minimum atomic E-state index is -0.303. The molecule has 0 unspecified atom stereocenters. The number of aryl methyl sites for hydroxylation is 2. The number of nitrogens with zero attached hydrogens (tertiary/aromatic N) is 5. The predicted molar refractivity (Wildman–Crippen MR) is 127 cm³/mol. The standard InChI is InChI=1S/C25H26N6O2/c32-20-10-14-30(15-11-20)19-8-13-27-22(17-19)24(33)29-25-28-21-6-1-2-7-23(21)31(25)16-9-18-5-3-4-12-26-18/h1-8,12-13,17,20,32H,9-11,14-16H2,(H,28,29,33). The fraction of sp³-hybridized carbons (Fsp3) is 0.280. The van der Waals surface area contributed by atoms with Crippen molar-refractivity contribution in [2.24, 2.45) is 0 Å². The average molecular weight is 443 g/mol. The van der Waals surface area contributed by atoms with Crippen molar-refractivity contribution in [2.45, 2.75) is 31.9 Å². The van der Waals surface area contributed by atoms with Crippen molar-refractivity contribution < 1.29 is 9.90 Å². The second-order valence-corrected chi connectivity index (χ2v) is 8.22. The fourth-order valence-corrected chi connectivity index (χ4v) is 4.20. The van der Waals surface area contributed by atoms with Crippen molar-refractivity contribution in [2.75, 3.05) is 23.3 Å². The molecule has 33 heavy (non-hydrogen) atoms. The van der Waals surface area contributed by atoms with Crippen LogP contribution in [-0.2, 0) is 13.0 Å². The SMILES string of the molecule is O=C(Nc1nc2ccccc2n1CCc1ccccn1)c1cc(N2CCC(O)CC2)ccn1. The van der Waals surface area contributed by atoms with Gasteiger partial charge in [-0.1, -0.05) is 18.2 Å². The zero-order chi connectivity index (χ0) is 22.6. The van der Waals surface area contributed by atoms with Gasteiger partial charge < -0.3 is 14.6 Å². The van der Waals surface area contributed by atoms with Gasteiger partial charge in [0.2, 0.25) is 5.95 Å². The van der Waals surface area contributed by atoms with Crippen LogP contribution in [0.4, 0.5) is 11.6 Å². The molecule has 1 aliphatic rings. The van der Waals surface area contributed by atoms with Crippen molar-refractivity contribution in [1.82, 2.24) is 19.5 Å². The number of para-hydroxylation sites is 2. The van der Waals surface area contributed by atoms with Crippen LogP contribution < -0.4 is 10.2 Å². The molecule has 0 radical (unpaired) electrons. The third-order valence-corrected chi connectivity index (χ3v) is 6.00. The van der Waals surface area contributed by atoms with Gasteiger partial charge in [0.15, 0.2) is 0 Å². The molecule has 8 heteroatoms. The number of piperidine rings is 1. The smallest absolute Gasteiger partial charge is 0.276 e. The van der Waals surface area contributed by atoms with E-state index in [1.165, 1.54) is 0 Å². The number of rotatable bonds is 6. The average Bonchev–Trinajstić information content (AvgIpc) is 3.20.